The number of fused-ring (bicyclic) bond motifs is 1. The standard InChI is InChI=1S/C20H21N3O/c1-15(17-9-8-16-5-2-3-6-18(16)11-17)22-19-12-21-23(13-19)14-20-7-4-10-24-20/h2-3,5-6,8-9,11-13,20,22H,1,4,7,10,14H2. The van der Waals surface area contributed by atoms with E-state index in [9.17, 15) is 0 Å². The Morgan fingerprint density at radius 3 is 2.96 bits per heavy atom. The highest BCUT2D eigenvalue weighted by Crippen LogP contribution is 2.22. The summed E-state index contributed by atoms with van der Waals surface area (Å²) in [6.07, 6.45) is 6.40. The SMILES string of the molecule is C=C(Nc1cnn(CC2CCCO2)c1)c1ccc2ccccc2c1. The van der Waals surface area contributed by atoms with Gasteiger partial charge in [0.15, 0.2) is 0 Å². The van der Waals surface area contributed by atoms with Gasteiger partial charge in [0.25, 0.3) is 0 Å². The second-order valence-electron chi connectivity index (χ2n) is 6.25. The van der Waals surface area contributed by atoms with Gasteiger partial charge in [0.05, 0.1) is 24.5 Å². The van der Waals surface area contributed by atoms with Crippen LogP contribution < -0.4 is 5.32 Å². The van der Waals surface area contributed by atoms with Gasteiger partial charge < -0.3 is 10.1 Å². The molecule has 1 fully saturated rings. The molecular weight excluding hydrogens is 298 g/mol. The lowest BCUT2D eigenvalue weighted by Gasteiger charge is -2.10. The lowest BCUT2D eigenvalue weighted by Crippen LogP contribution is -2.15. The van der Waals surface area contributed by atoms with Crippen LogP contribution in [-0.2, 0) is 11.3 Å². The maximum atomic E-state index is 5.66. The van der Waals surface area contributed by atoms with Crippen molar-refractivity contribution in [1.82, 2.24) is 9.78 Å². The fraction of sp³-hybridized carbons (Fsp3) is 0.250. The summed E-state index contributed by atoms with van der Waals surface area (Å²) in [6, 6.07) is 14.7. The number of nitrogens with one attached hydrogen (secondary N) is 1. The molecule has 1 aromatic heterocycles. The molecule has 4 rings (SSSR count). The van der Waals surface area contributed by atoms with Crippen LogP contribution in [0.25, 0.3) is 16.5 Å². The summed E-state index contributed by atoms with van der Waals surface area (Å²) in [5, 5.41) is 10.2. The largest absolute Gasteiger partial charge is 0.376 e. The molecule has 0 bridgehead atoms. The summed E-state index contributed by atoms with van der Waals surface area (Å²) in [7, 11) is 0. The minimum Gasteiger partial charge on any atom is -0.376 e. The quantitative estimate of drug-likeness (QED) is 0.762. The smallest absolute Gasteiger partial charge is 0.0771 e. The van der Waals surface area contributed by atoms with E-state index < -0.39 is 0 Å². The van der Waals surface area contributed by atoms with Gasteiger partial charge in [0.2, 0.25) is 0 Å². The number of aromatic nitrogens is 2. The maximum absolute atomic E-state index is 5.66. The van der Waals surface area contributed by atoms with Crippen molar-refractivity contribution in [2.75, 3.05) is 11.9 Å². The molecule has 0 saturated carbocycles. The molecular formula is C20H21N3O. The van der Waals surface area contributed by atoms with E-state index in [0.717, 1.165) is 42.9 Å². The fourth-order valence-corrected chi connectivity index (χ4v) is 3.15. The van der Waals surface area contributed by atoms with Crippen molar-refractivity contribution in [3.8, 4) is 0 Å². The lowest BCUT2D eigenvalue weighted by atomic mass is 10.1. The van der Waals surface area contributed by atoms with Crippen LogP contribution in [0.5, 0.6) is 0 Å². The van der Waals surface area contributed by atoms with Gasteiger partial charge in [0, 0.05) is 18.5 Å². The lowest BCUT2D eigenvalue weighted by molar-refractivity contribution is 0.0940. The molecule has 1 atom stereocenters. The molecule has 1 saturated heterocycles. The van der Waals surface area contributed by atoms with E-state index in [4.69, 9.17) is 4.74 Å². The van der Waals surface area contributed by atoms with Crippen molar-refractivity contribution in [3.05, 3.63) is 67.0 Å². The molecule has 0 spiro atoms. The minimum absolute atomic E-state index is 0.293. The summed E-state index contributed by atoms with van der Waals surface area (Å²) in [5.74, 6) is 0. The Morgan fingerprint density at radius 2 is 2.12 bits per heavy atom. The molecule has 1 N–H and O–H groups in total. The molecule has 3 aromatic rings. The van der Waals surface area contributed by atoms with Crippen molar-refractivity contribution >= 4 is 22.2 Å². The highest BCUT2D eigenvalue weighted by Gasteiger charge is 2.16. The highest BCUT2D eigenvalue weighted by molar-refractivity contribution is 5.87. The molecule has 2 heterocycles. The molecule has 0 amide bonds. The van der Waals surface area contributed by atoms with Crippen LogP contribution >= 0.6 is 0 Å². The Balaban J connectivity index is 1.45. The molecule has 122 valence electrons. The molecule has 1 aliphatic heterocycles. The minimum atomic E-state index is 0.293. The number of rotatable bonds is 5. The van der Waals surface area contributed by atoms with Gasteiger partial charge in [-0.15, -0.1) is 0 Å². The van der Waals surface area contributed by atoms with Gasteiger partial charge >= 0.3 is 0 Å². The third-order valence-electron chi connectivity index (χ3n) is 4.44. The van der Waals surface area contributed by atoms with Gasteiger partial charge in [-0.05, 0) is 35.2 Å². The van der Waals surface area contributed by atoms with Crippen LogP contribution in [0.15, 0.2) is 61.4 Å². The average molecular weight is 319 g/mol. The molecule has 4 nitrogen and oxygen atoms in total. The van der Waals surface area contributed by atoms with E-state index >= 15 is 0 Å². The Bertz CT molecular complexity index is 862. The molecule has 0 aliphatic carbocycles. The van der Waals surface area contributed by atoms with E-state index in [1.165, 1.54) is 10.8 Å². The van der Waals surface area contributed by atoms with Crippen LogP contribution in [0.4, 0.5) is 5.69 Å². The third-order valence-corrected chi connectivity index (χ3v) is 4.44. The number of ether oxygens (including phenoxy) is 1. The van der Waals surface area contributed by atoms with Gasteiger partial charge in [-0.2, -0.15) is 5.10 Å². The van der Waals surface area contributed by atoms with Gasteiger partial charge in [-0.1, -0.05) is 43.0 Å². The second-order valence-corrected chi connectivity index (χ2v) is 6.25. The van der Waals surface area contributed by atoms with Crippen LogP contribution in [0.2, 0.25) is 0 Å². The topological polar surface area (TPSA) is 39.1 Å². The number of nitrogens with zero attached hydrogens (tertiary/aromatic N) is 2. The summed E-state index contributed by atoms with van der Waals surface area (Å²) < 4.78 is 7.60. The first-order chi connectivity index (χ1) is 11.8. The van der Waals surface area contributed by atoms with Crippen LogP contribution in [0, 0.1) is 0 Å². The van der Waals surface area contributed by atoms with Gasteiger partial charge in [-0.25, -0.2) is 0 Å². The Labute approximate surface area is 141 Å². The zero-order valence-electron chi connectivity index (χ0n) is 13.6. The van der Waals surface area contributed by atoms with Crippen molar-refractivity contribution in [2.45, 2.75) is 25.5 Å². The van der Waals surface area contributed by atoms with E-state index in [1.807, 2.05) is 17.1 Å². The first-order valence-electron chi connectivity index (χ1n) is 8.37. The van der Waals surface area contributed by atoms with Crippen LogP contribution in [0.3, 0.4) is 0 Å². The first-order valence-corrected chi connectivity index (χ1v) is 8.37. The first kappa shape index (κ1) is 15.0. The Morgan fingerprint density at radius 1 is 1.25 bits per heavy atom. The van der Waals surface area contributed by atoms with Crippen molar-refractivity contribution in [2.24, 2.45) is 0 Å². The van der Waals surface area contributed by atoms with E-state index in [2.05, 4.69) is 59.5 Å². The number of hydrogen-bond donors (Lipinski definition) is 1. The van der Waals surface area contributed by atoms with Gasteiger partial charge in [0.1, 0.15) is 0 Å². The molecule has 1 unspecified atom stereocenters. The number of hydrogen-bond acceptors (Lipinski definition) is 3. The third kappa shape index (κ3) is 3.19. The van der Waals surface area contributed by atoms with Crippen molar-refractivity contribution in [1.29, 1.82) is 0 Å². The fourth-order valence-electron chi connectivity index (χ4n) is 3.15. The summed E-state index contributed by atoms with van der Waals surface area (Å²) in [6.45, 7) is 5.85. The molecule has 4 heteroatoms. The Hall–Kier alpha value is -2.59. The molecule has 24 heavy (non-hydrogen) atoms. The van der Waals surface area contributed by atoms with Crippen LogP contribution in [0.1, 0.15) is 18.4 Å². The molecule has 2 aromatic carbocycles. The zero-order chi connectivity index (χ0) is 16.4. The number of benzene rings is 2. The zero-order valence-corrected chi connectivity index (χ0v) is 13.6. The van der Waals surface area contributed by atoms with E-state index in [1.54, 1.807) is 0 Å². The molecule has 0 radical (unpaired) electrons. The maximum Gasteiger partial charge on any atom is 0.0771 e. The van der Waals surface area contributed by atoms with E-state index in [0.29, 0.717) is 6.10 Å². The van der Waals surface area contributed by atoms with Crippen molar-refractivity contribution < 1.29 is 4.74 Å². The Kier molecular flexibility index (Phi) is 4.05. The second kappa shape index (κ2) is 6.49. The summed E-state index contributed by atoms with van der Waals surface area (Å²) in [4.78, 5) is 0. The number of anilines is 1. The normalized spacial score (nSPS) is 17.2. The highest BCUT2D eigenvalue weighted by atomic mass is 16.5. The predicted octanol–water partition coefficient (Wildman–Crippen LogP) is 4.30. The average Bonchev–Trinajstić information content (AvgIpc) is 3.27. The van der Waals surface area contributed by atoms with Gasteiger partial charge in [-0.3, -0.25) is 4.68 Å². The summed E-state index contributed by atoms with van der Waals surface area (Å²) >= 11 is 0. The monoisotopic (exact) mass is 319 g/mol. The predicted molar refractivity (Wildman–Crippen MR) is 97.8 cm³/mol. The molecule has 1 aliphatic rings. The van der Waals surface area contributed by atoms with Crippen LogP contribution in [-0.4, -0.2) is 22.5 Å². The van der Waals surface area contributed by atoms with Crippen molar-refractivity contribution in [3.63, 3.8) is 0 Å². The summed E-state index contributed by atoms with van der Waals surface area (Å²) in [5.41, 5.74) is 2.91. The van der Waals surface area contributed by atoms with E-state index in [-0.39, 0.29) is 0 Å².